The highest BCUT2D eigenvalue weighted by Gasteiger charge is 2.56. The number of amides is 2. The van der Waals surface area contributed by atoms with Crippen molar-refractivity contribution in [2.24, 2.45) is 5.92 Å². The fraction of sp³-hybridized carbons (Fsp3) is 0.150. The van der Waals surface area contributed by atoms with Crippen LogP contribution in [-0.2, 0) is 9.59 Å². The fourth-order valence-electron chi connectivity index (χ4n) is 4.02. The Hall–Kier alpha value is -2.76. The monoisotopic (exact) mass is 517 g/mol. The molecule has 31 heavy (non-hydrogen) atoms. The van der Waals surface area contributed by atoms with Crippen LogP contribution < -0.4 is 9.77 Å². The Balaban J connectivity index is 1.63. The smallest absolute Gasteiger partial charge is 0.305 e. The maximum absolute atomic E-state index is 13.5. The van der Waals surface area contributed by atoms with Crippen molar-refractivity contribution in [2.45, 2.75) is 16.2 Å². The highest BCUT2D eigenvalue weighted by Crippen LogP contribution is 2.53. The molecule has 0 unspecified atom stereocenters. The number of aromatic nitrogens is 1. The van der Waals surface area contributed by atoms with Gasteiger partial charge in [-0.3, -0.25) is 24.5 Å². The average molecular weight is 518 g/mol. The molecule has 1 fully saturated rings. The molecule has 0 radical (unpaired) electrons. The summed E-state index contributed by atoms with van der Waals surface area (Å²) in [4.78, 5) is 53.7. The van der Waals surface area contributed by atoms with Crippen molar-refractivity contribution in [3.05, 3.63) is 83.2 Å². The molecule has 0 bridgehead atoms. The van der Waals surface area contributed by atoms with E-state index in [4.69, 9.17) is 0 Å². The summed E-state index contributed by atoms with van der Waals surface area (Å²) < 4.78 is 0.825. The molecule has 1 aromatic heterocycles. The zero-order chi connectivity index (χ0) is 21.9. The number of carbonyl (C=O) groups is 2. The van der Waals surface area contributed by atoms with Gasteiger partial charge in [-0.1, -0.05) is 51.2 Å². The van der Waals surface area contributed by atoms with Crippen molar-refractivity contribution in [1.82, 2.24) is 4.98 Å². The van der Waals surface area contributed by atoms with Crippen LogP contribution in [0.15, 0.2) is 62.8 Å². The molecule has 8 nitrogen and oxygen atoms in total. The lowest BCUT2D eigenvalue weighted by molar-refractivity contribution is -0.384. The topological polar surface area (TPSA) is 113 Å². The number of carbonyl (C=O) groups excluding carboxylic acids is 2. The first-order valence-electron chi connectivity index (χ1n) is 9.12. The summed E-state index contributed by atoms with van der Waals surface area (Å²) in [6, 6.07) is 12.8. The van der Waals surface area contributed by atoms with Gasteiger partial charge >= 0.3 is 4.87 Å². The van der Waals surface area contributed by atoms with E-state index in [2.05, 4.69) is 20.9 Å². The number of non-ortho nitro benzene ring substituents is 1. The van der Waals surface area contributed by atoms with Gasteiger partial charge in [0, 0.05) is 27.4 Å². The van der Waals surface area contributed by atoms with Crippen LogP contribution in [0.25, 0.3) is 0 Å². The lowest BCUT2D eigenvalue weighted by Gasteiger charge is -2.29. The molecule has 2 aromatic carbocycles. The summed E-state index contributed by atoms with van der Waals surface area (Å²) in [5, 5.41) is 10.9. The molecule has 2 aliphatic heterocycles. The molecule has 3 heterocycles. The standard InChI is InChI=1S/C20H12BrN3O5S2/c21-10-3-7-11(8-4-10)23-18(25)14-13(9-1-5-12(6-2-9)24(28)29)15-17(22-20(27)31-15)30-16(14)19(23)26/h1-8,13-14,16H,(H,22,27)/t13-,14-,16+/m1/s1. The largest absolute Gasteiger partial charge is 0.307 e. The number of hydrogen-bond donors (Lipinski definition) is 1. The Morgan fingerprint density at radius 1 is 1.00 bits per heavy atom. The van der Waals surface area contributed by atoms with Crippen molar-refractivity contribution < 1.29 is 14.5 Å². The summed E-state index contributed by atoms with van der Waals surface area (Å²) in [5.74, 6) is -1.96. The number of nitrogens with one attached hydrogen (secondary N) is 1. The van der Waals surface area contributed by atoms with E-state index in [1.165, 1.54) is 28.8 Å². The number of fused-ring (bicyclic) bond motifs is 2. The summed E-state index contributed by atoms with van der Waals surface area (Å²) in [6.45, 7) is 0. The van der Waals surface area contributed by atoms with E-state index in [0.717, 1.165) is 15.8 Å². The SMILES string of the molecule is O=C1[C@@H]2[C@@H](c3ccc([N+](=O)[O-])cc3)c3sc(=O)[nH]c3S[C@@H]2C(=O)N1c1ccc(Br)cc1. The van der Waals surface area contributed by atoms with Crippen LogP contribution in [0, 0.1) is 16.0 Å². The molecule has 3 aromatic rings. The Morgan fingerprint density at radius 2 is 1.68 bits per heavy atom. The first-order valence-corrected chi connectivity index (χ1v) is 11.6. The Bertz CT molecular complexity index is 1290. The second-order valence-electron chi connectivity index (χ2n) is 7.09. The quantitative estimate of drug-likeness (QED) is 0.320. The number of thiazole rings is 1. The van der Waals surface area contributed by atoms with Crippen molar-refractivity contribution in [2.75, 3.05) is 4.90 Å². The molecular weight excluding hydrogens is 506 g/mol. The van der Waals surface area contributed by atoms with Gasteiger partial charge in [0.25, 0.3) is 5.69 Å². The third-order valence-electron chi connectivity index (χ3n) is 5.37. The Kier molecular flexibility index (Phi) is 4.83. The van der Waals surface area contributed by atoms with Crippen LogP contribution in [0.4, 0.5) is 11.4 Å². The molecule has 2 aliphatic rings. The van der Waals surface area contributed by atoms with Crippen LogP contribution in [0.3, 0.4) is 0 Å². The number of H-pyrrole nitrogens is 1. The molecule has 1 N–H and O–H groups in total. The van der Waals surface area contributed by atoms with Crippen molar-refractivity contribution in [3.8, 4) is 0 Å². The van der Waals surface area contributed by atoms with Crippen LogP contribution in [0.5, 0.6) is 0 Å². The Labute approximate surface area is 191 Å². The van der Waals surface area contributed by atoms with Gasteiger partial charge < -0.3 is 4.98 Å². The Morgan fingerprint density at radius 3 is 2.32 bits per heavy atom. The second-order valence-corrected chi connectivity index (χ2v) is 10.2. The lowest BCUT2D eigenvalue weighted by Crippen LogP contribution is -2.32. The minimum Gasteiger partial charge on any atom is -0.307 e. The van der Waals surface area contributed by atoms with Gasteiger partial charge in [0.2, 0.25) is 11.8 Å². The molecule has 2 amide bonds. The number of imide groups is 1. The lowest BCUT2D eigenvalue weighted by atomic mass is 9.83. The number of rotatable bonds is 3. The molecule has 5 rings (SSSR count). The van der Waals surface area contributed by atoms with Crippen LogP contribution in [0.1, 0.15) is 16.4 Å². The van der Waals surface area contributed by atoms with Gasteiger partial charge in [0.1, 0.15) is 5.25 Å². The van der Waals surface area contributed by atoms with Gasteiger partial charge in [-0.25, -0.2) is 4.90 Å². The average Bonchev–Trinajstić information content (AvgIpc) is 3.24. The number of anilines is 1. The number of thioether (sulfide) groups is 1. The maximum Gasteiger partial charge on any atom is 0.305 e. The third kappa shape index (κ3) is 3.24. The number of hydrogen-bond acceptors (Lipinski definition) is 7. The molecule has 0 saturated carbocycles. The van der Waals surface area contributed by atoms with Crippen molar-refractivity contribution in [3.63, 3.8) is 0 Å². The van der Waals surface area contributed by atoms with Crippen LogP contribution in [0.2, 0.25) is 0 Å². The van der Waals surface area contributed by atoms with E-state index in [1.54, 1.807) is 36.4 Å². The number of aromatic amines is 1. The van der Waals surface area contributed by atoms with Gasteiger partial charge in [0.05, 0.1) is 21.6 Å². The zero-order valence-electron chi connectivity index (χ0n) is 15.5. The van der Waals surface area contributed by atoms with Gasteiger partial charge in [0.15, 0.2) is 0 Å². The zero-order valence-corrected chi connectivity index (χ0v) is 18.7. The van der Waals surface area contributed by atoms with Gasteiger partial charge in [-0.05, 0) is 29.8 Å². The summed E-state index contributed by atoms with van der Waals surface area (Å²) in [7, 11) is 0. The van der Waals surface area contributed by atoms with Crippen LogP contribution >= 0.6 is 39.0 Å². The maximum atomic E-state index is 13.5. The van der Waals surface area contributed by atoms with Gasteiger partial charge in [-0.2, -0.15) is 0 Å². The summed E-state index contributed by atoms with van der Waals surface area (Å²) in [5.41, 5.74) is 1.06. The molecule has 1 saturated heterocycles. The van der Waals surface area contributed by atoms with Crippen molar-refractivity contribution in [1.29, 1.82) is 0 Å². The predicted molar refractivity (Wildman–Crippen MR) is 120 cm³/mol. The predicted octanol–water partition coefficient (Wildman–Crippen LogP) is 3.90. The first kappa shape index (κ1) is 20.2. The van der Waals surface area contributed by atoms with E-state index in [9.17, 15) is 24.5 Å². The van der Waals surface area contributed by atoms with Gasteiger partial charge in [-0.15, -0.1) is 0 Å². The van der Waals surface area contributed by atoms with Crippen LogP contribution in [-0.4, -0.2) is 27.0 Å². The number of benzene rings is 2. The first-order chi connectivity index (χ1) is 14.8. The van der Waals surface area contributed by atoms with E-state index < -0.39 is 22.0 Å². The molecular formula is C20H12BrN3O5S2. The van der Waals surface area contributed by atoms with E-state index >= 15 is 0 Å². The third-order valence-corrected chi connectivity index (χ3v) is 8.30. The van der Waals surface area contributed by atoms with Crippen molar-refractivity contribution >= 4 is 62.2 Å². The molecule has 0 aliphatic carbocycles. The molecule has 11 heteroatoms. The molecule has 0 spiro atoms. The molecule has 156 valence electrons. The molecule has 3 atom stereocenters. The van der Waals surface area contributed by atoms with E-state index in [0.29, 0.717) is 21.2 Å². The second kappa shape index (κ2) is 7.43. The minimum atomic E-state index is -0.721. The number of nitro groups is 1. The summed E-state index contributed by atoms with van der Waals surface area (Å²) >= 11 is 5.54. The number of nitro benzene ring substituents is 1. The fourth-order valence-corrected chi connectivity index (χ4v) is 6.80. The summed E-state index contributed by atoms with van der Waals surface area (Å²) in [6.07, 6.45) is 0. The minimum absolute atomic E-state index is 0.0710. The number of halogens is 1. The van der Waals surface area contributed by atoms with E-state index in [-0.39, 0.29) is 22.4 Å². The highest BCUT2D eigenvalue weighted by molar-refractivity contribution is 9.10. The van der Waals surface area contributed by atoms with E-state index in [1.807, 2.05) is 0 Å². The number of nitrogens with zero attached hydrogens (tertiary/aromatic N) is 2. The highest BCUT2D eigenvalue weighted by atomic mass is 79.9. The normalized spacial score (nSPS) is 22.4.